The summed E-state index contributed by atoms with van der Waals surface area (Å²) in [6.07, 6.45) is 0. The molecule has 0 saturated heterocycles. The largest absolute Gasteiger partial charge is 0.346 e. The first-order valence-corrected chi connectivity index (χ1v) is 7.21. The molecule has 22 heavy (non-hydrogen) atoms. The molecule has 4 nitrogen and oxygen atoms in total. The summed E-state index contributed by atoms with van der Waals surface area (Å²) in [6, 6.07) is 14.9. The monoisotopic (exact) mass is 296 g/mol. The molecular weight excluding hydrogens is 276 g/mol. The number of amides is 2. The van der Waals surface area contributed by atoms with Crippen molar-refractivity contribution in [2.75, 3.05) is 5.32 Å². The number of rotatable bonds is 4. The van der Waals surface area contributed by atoms with Gasteiger partial charge < -0.3 is 10.6 Å². The minimum Gasteiger partial charge on any atom is -0.346 e. The predicted octanol–water partition coefficient (Wildman–Crippen LogP) is 3.44. The predicted molar refractivity (Wildman–Crippen MR) is 87.8 cm³/mol. The van der Waals surface area contributed by atoms with Gasteiger partial charge in [0.2, 0.25) is 5.91 Å². The van der Waals surface area contributed by atoms with E-state index >= 15 is 0 Å². The molecule has 0 fully saturated rings. The molecule has 0 aromatic heterocycles. The first-order valence-electron chi connectivity index (χ1n) is 7.21. The highest BCUT2D eigenvalue weighted by molar-refractivity contribution is 5.96. The summed E-state index contributed by atoms with van der Waals surface area (Å²) in [5, 5.41) is 5.63. The van der Waals surface area contributed by atoms with Crippen molar-refractivity contribution in [1.82, 2.24) is 5.32 Å². The molecule has 0 aliphatic rings. The molecule has 0 saturated carbocycles. The van der Waals surface area contributed by atoms with Crippen LogP contribution in [0, 0.1) is 6.92 Å². The number of benzene rings is 2. The van der Waals surface area contributed by atoms with Crippen molar-refractivity contribution in [3.05, 3.63) is 65.2 Å². The van der Waals surface area contributed by atoms with E-state index in [9.17, 15) is 9.59 Å². The highest BCUT2D eigenvalue weighted by Gasteiger charge is 2.12. The van der Waals surface area contributed by atoms with Crippen molar-refractivity contribution in [2.45, 2.75) is 26.8 Å². The van der Waals surface area contributed by atoms with Crippen LogP contribution in [0.15, 0.2) is 48.5 Å². The minimum absolute atomic E-state index is 0.0856. The smallest absolute Gasteiger partial charge is 0.251 e. The van der Waals surface area contributed by atoms with Crippen molar-refractivity contribution in [2.24, 2.45) is 0 Å². The van der Waals surface area contributed by atoms with Crippen LogP contribution in [0.1, 0.15) is 41.4 Å². The standard InChI is InChI=1S/C18H20N2O2/c1-12-7-9-15(10-8-12)13(2)19-18(22)16-5-4-6-17(11-16)20-14(3)21/h4-11,13H,1-3H3,(H,19,22)(H,20,21). The van der Waals surface area contributed by atoms with Gasteiger partial charge in [0.1, 0.15) is 0 Å². The van der Waals surface area contributed by atoms with Gasteiger partial charge in [0.25, 0.3) is 5.91 Å². The Morgan fingerprint density at radius 2 is 1.73 bits per heavy atom. The van der Waals surface area contributed by atoms with Gasteiger partial charge in [-0.3, -0.25) is 9.59 Å². The first-order chi connectivity index (χ1) is 10.5. The maximum absolute atomic E-state index is 12.3. The van der Waals surface area contributed by atoms with E-state index in [-0.39, 0.29) is 17.9 Å². The van der Waals surface area contributed by atoms with E-state index in [1.54, 1.807) is 24.3 Å². The number of nitrogens with one attached hydrogen (secondary N) is 2. The zero-order valence-corrected chi connectivity index (χ0v) is 13.0. The summed E-state index contributed by atoms with van der Waals surface area (Å²) >= 11 is 0. The Morgan fingerprint density at radius 1 is 1.05 bits per heavy atom. The van der Waals surface area contributed by atoms with Gasteiger partial charge >= 0.3 is 0 Å². The summed E-state index contributed by atoms with van der Waals surface area (Å²) < 4.78 is 0. The Balaban J connectivity index is 2.08. The number of carbonyl (C=O) groups is 2. The van der Waals surface area contributed by atoms with Crippen LogP contribution in [0.4, 0.5) is 5.69 Å². The molecule has 1 unspecified atom stereocenters. The fourth-order valence-corrected chi connectivity index (χ4v) is 2.16. The van der Waals surface area contributed by atoms with Gasteiger partial charge in [-0.1, -0.05) is 35.9 Å². The fraction of sp³-hybridized carbons (Fsp3) is 0.222. The van der Waals surface area contributed by atoms with Gasteiger partial charge in [-0.15, -0.1) is 0 Å². The highest BCUT2D eigenvalue weighted by Crippen LogP contribution is 2.15. The third-order valence-electron chi connectivity index (χ3n) is 3.37. The first kappa shape index (κ1) is 15.8. The van der Waals surface area contributed by atoms with Crippen molar-refractivity contribution in [1.29, 1.82) is 0 Å². The van der Waals surface area contributed by atoms with Crippen LogP contribution in [-0.2, 0) is 4.79 Å². The molecule has 2 N–H and O–H groups in total. The van der Waals surface area contributed by atoms with E-state index < -0.39 is 0 Å². The third-order valence-corrected chi connectivity index (χ3v) is 3.37. The zero-order valence-electron chi connectivity index (χ0n) is 13.0. The molecule has 0 aliphatic heterocycles. The molecule has 0 bridgehead atoms. The summed E-state index contributed by atoms with van der Waals surface area (Å²) in [6.45, 7) is 5.41. The number of carbonyl (C=O) groups excluding carboxylic acids is 2. The van der Waals surface area contributed by atoms with Gasteiger partial charge in [-0.2, -0.15) is 0 Å². The van der Waals surface area contributed by atoms with Crippen molar-refractivity contribution >= 4 is 17.5 Å². The van der Waals surface area contributed by atoms with E-state index in [4.69, 9.17) is 0 Å². The van der Waals surface area contributed by atoms with Crippen LogP contribution in [0.25, 0.3) is 0 Å². The van der Waals surface area contributed by atoms with Crippen molar-refractivity contribution in [3.63, 3.8) is 0 Å². The molecule has 0 radical (unpaired) electrons. The van der Waals surface area contributed by atoms with Crippen LogP contribution in [0.5, 0.6) is 0 Å². The lowest BCUT2D eigenvalue weighted by molar-refractivity contribution is -0.114. The molecular formula is C18H20N2O2. The molecule has 2 aromatic rings. The lowest BCUT2D eigenvalue weighted by Gasteiger charge is -2.15. The Kier molecular flexibility index (Phi) is 4.94. The van der Waals surface area contributed by atoms with Crippen LogP contribution in [0.2, 0.25) is 0 Å². The lowest BCUT2D eigenvalue weighted by atomic mass is 10.1. The minimum atomic E-state index is -0.166. The van der Waals surface area contributed by atoms with Gasteiger partial charge in [0, 0.05) is 18.2 Å². The number of aryl methyl sites for hydroxylation is 1. The van der Waals surface area contributed by atoms with E-state index in [0.717, 1.165) is 5.56 Å². The maximum Gasteiger partial charge on any atom is 0.251 e. The van der Waals surface area contributed by atoms with Crippen LogP contribution in [0.3, 0.4) is 0 Å². The molecule has 0 heterocycles. The number of hydrogen-bond donors (Lipinski definition) is 2. The molecule has 2 amide bonds. The van der Waals surface area contributed by atoms with E-state index in [1.165, 1.54) is 12.5 Å². The second-order valence-electron chi connectivity index (χ2n) is 5.37. The highest BCUT2D eigenvalue weighted by atomic mass is 16.2. The normalized spacial score (nSPS) is 11.6. The fourth-order valence-electron chi connectivity index (χ4n) is 2.16. The summed E-state index contributed by atoms with van der Waals surface area (Å²) in [7, 11) is 0. The maximum atomic E-state index is 12.3. The molecule has 0 spiro atoms. The van der Waals surface area contributed by atoms with E-state index in [0.29, 0.717) is 11.3 Å². The summed E-state index contributed by atoms with van der Waals surface area (Å²) in [4.78, 5) is 23.4. The van der Waals surface area contributed by atoms with Crippen LogP contribution >= 0.6 is 0 Å². The second-order valence-corrected chi connectivity index (χ2v) is 5.37. The molecule has 0 aliphatic carbocycles. The van der Waals surface area contributed by atoms with Gasteiger partial charge in [0.15, 0.2) is 0 Å². The van der Waals surface area contributed by atoms with Crippen molar-refractivity contribution < 1.29 is 9.59 Å². The Bertz CT molecular complexity index is 678. The average Bonchev–Trinajstić information content (AvgIpc) is 2.47. The van der Waals surface area contributed by atoms with E-state index in [1.807, 2.05) is 38.1 Å². The van der Waals surface area contributed by atoms with Gasteiger partial charge in [-0.25, -0.2) is 0 Å². The zero-order chi connectivity index (χ0) is 16.1. The number of anilines is 1. The third kappa shape index (κ3) is 4.19. The SMILES string of the molecule is CC(=O)Nc1cccc(C(=O)NC(C)c2ccc(C)cc2)c1. The number of hydrogen-bond acceptors (Lipinski definition) is 2. The molecule has 2 rings (SSSR count). The molecule has 1 atom stereocenters. The summed E-state index contributed by atoms with van der Waals surface area (Å²) in [5.74, 6) is -0.328. The Hall–Kier alpha value is -2.62. The average molecular weight is 296 g/mol. The Labute approximate surface area is 130 Å². The lowest BCUT2D eigenvalue weighted by Crippen LogP contribution is -2.26. The molecule has 2 aromatic carbocycles. The molecule has 4 heteroatoms. The van der Waals surface area contributed by atoms with Crippen molar-refractivity contribution in [3.8, 4) is 0 Å². The van der Waals surface area contributed by atoms with E-state index in [2.05, 4.69) is 10.6 Å². The van der Waals surface area contributed by atoms with Crippen LogP contribution < -0.4 is 10.6 Å². The summed E-state index contributed by atoms with van der Waals surface area (Å²) in [5.41, 5.74) is 3.37. The second kappa shape index (κ2) is 6.89. The molecule has 114 valence electrons. The Morgan fingerprint density at radius 3 is 2.36 bits per heavy atom. The van der Waals surface area contributed by atoms with Gasteiger partial charge in [0.05, 0.1) is 6.04 Å². The van der Waals surface area contributed by atoms with Gasteiger partial charge in [-0.05, 0) is 37.6 Å². The topological polar surface area (TPSA) is 58.2 Å². The van der Waals surface area contributed by atoms with Crippen LogP contribution in [-0.4, -0.2) is 11.8 Å². The quantitative estimate of drug-likeness (QED) is 0.908.